The number of halogens is 1. The van der Waals surface area contributed by atoms with Crippen molar-refractivity contribution in [2.24, 2.45) is 5.92 Å². The summed E-state index contributed by atoms with van der Waals surface area (Å²) in [4.78, 5) is 29.4. The number of hydrogen-bond donors (Lipinski definition) is 1. The van der Waals surface area contributed by atoms with Crippen LogP contribution in [0.15, 0.2) is 42.5 Å². The highest BCUT2D eigenvalue weighted by molar-refractivity contribution is 6.01. The first-order valence-electron chi connectivity index (χ1n) is 10.6. The molecule has 2 aromatic carbocycles. The fourth-order valence-corrected chi connectivity index (χ4v) is 4.42. The molecule has 0 saturated carbocycles. The summed E-state index contributed by atoms with van der Waals surface area (Å²) in [5.41, 5.74) is 4.04. The van der Waals surface area contributed by atoms with E-state index in [2.05, 4.69) is 5.32 Å². The molecule has 0 radical (unpaired) electrons. The summed E-state index contributed by atoms with van der Waals surface area (Å²) in [5, 5.41) is 3.42. The average Bonchev–Trinajstić information content (AvgIpc) is 3.13. The Morgan fingerprint density at radius 1 is 1.07 bits per heavy atom. The van der Waals surface area contributed by atoms with E-state index >= 15 is 0 Å². The number of carbonyl (C=O) groups excluding carboxylic acids is 2. The van der Waals surface area contributed by atoms with Gasteiger partial charge < -0.3 is 15.1 Å². The van der Waals surface area contributed by atoms with Crippen LogP contribution in [0.4, 0.5) is 15.8 Å². The van der Waals surface area contributed by atoms with Gasteiger partial charge in [0.2, 0.25) is 11.8 Å². The van der Waals surface area contributed by atoms with E-state index < -0.39 is 0 Å². The molecule has 2 fully saturated rings. The van der Waals surface area contributed by atoms with Gasteiger partial charge in [-0.3, -0.25) is 9.59 Å². The van der Waals surface area contributed by atoms with Crippen LogP contribution in [-0.4, -0.2) is 42.4 Å². The van der Waals surface area contributed by atoms with Crippen LogP contribution < -0.4 is 10.2 Å². The summed E-state index contributed by atoms with van der Waals surface area (Å²) in [6, 6.07) is 12.6. The minimum absolute atomic E-state index is 0.0231. The van der Waals surface area contributed by atoms with Gasteiger partial charge in [0, 0.05) is 43.5 Å². The second kappa shape index (κ2) is 8.46. The predicted octanol–water partition coefficient (Wildman–Crippen LogP) is 3.90. The van der Waals surface area contributed by atoms with E-state index in [9.17, 15) is 14.0 Å². The van der Waals surface area contributed by atoms with Crippen molar-refractivity contribution in [1.82, 2.24) is 4.90 Å². The lowest BCUT2D eigenvalue weighted by atomic mass is 10.0. The Kier molecular flexibility index (Phi) is 5.75. The number of benzene rings is 2. The standard InChI is InChI=1S/C24H28FN3O2/c1-16-4-3-5-22(17(16)2)28-15-18(14-23(28)29)24(30)27-12-10-21(11-13-27)26-20-8-6-19(25)7-9-20/h3-9,18,21,26H,10-15H2,1-2H3/t18-/m1/s1. The highest BCUT2D eigenvalue weighted by atomic mass is 19.1. The molecule has 0 aliphatic carbocycles. The lowest BCUT2D eigenvalue weighted by Crippen LogP contribution is -2.45. The van der Waals surface area contributed by atoms with Crippen LogP contribution in [0.5, 0.6) is 0 Å². The molecule has 2 amide bonds. The third kappa shape index (κ3) is 4.18. The Balaban J connectivity index is 1.34. The van der Waals surface area contributed by atoms with Crippen molar-refractivity contribution in [3.63, 3.8) is 0 Å². The van der Waals surface area contributed by atoms with Gasteiger partial charge in [0.25, 0.3) is 0 Å². The molecule has 0 bridgehead atoms. The van der Waals surface area contributed by atoms with Gasteiger partial charge in [-0.1, -0.05) is 12.1 Å². The van der Waals surface area contributed by atoms with Crippen molar-refractivity contribution in [1.29, 1.82) is 0 Å². The molecule has 2 aromatic rings. The van der Waals surface area contributed by atoms with Crippen molar-refractivity contribution in [3.8, 4) is 0 Å². The fourth-order valence-electron chi connectivity index (χ4n) is 4.42. The fraction of sp³-hybridized carbons (Fsp3) is 0.417. The summed E-state index contributed by atoms with van der Waals surface area (Å²) in [7, 11) is 0. The van der Waals surface area contributed by atoms with Crippen LogP contribution in [-0.2, 0) is 9.59 Å². The van der Waals surface area contributed by atoms with Crippen LogP contribution >= 0.6 is 0 Å². The summed E-state index contributed by atoms with van der Waals surface area (Å²) in [6.45, 7) is 5.85. The summed E-state index contributed by atoms with van der Waals surface area (Å²) in [5.74, 6) is -0.424. The molecular weight excluding hydrogens is 381 g/mol. The van der Waals surface area contributed by atoms with Gasteiger partial charge in [0.1, 0.15) is 5.82 Å². The molecule has 0 unspecified atom stereocenters. The zero-order chi connectivity index (χ0) is 21.3. The topological polar surface area (TPSA) is 52.7 Å². The molecule has 158 valence electrons. The lowest BCUT2D eigenvalue weighted by Gasteiger charge is -2.34. The second-order valence-corrected chi connectivity index (χ2v) is 8.38. The number of amides is 2. The Hall–Kier alpha value is -2.89. The number of piperidine rings is 1. The molecule has 2 saturated heterocycles. The van der Waals surface area contributed by atoms with E-state index in [4.69, 9.17) is 0 Å². The van der Waals surface area contributed by atoms with E-state index in [0.29, 0.717) is 19.6 Å². The number of aryl methyl sites for hydroxylation is 1. The molecule has 1 N–H and O–H groups in total. The van der Waals surface area contributed by atoms with Gasteiger partial charge in [-0.2, -0.15) is 0 Å². The highest BCUT2D eigenvalue weighted by Crippen LogP contribution is 2.30. The third-order valence-corrected chi connectivity index (χ3v) is 6.36. The van der Waals surface area contributed by atoms with E-state index in [1.54, 1.807) is 17.0 Å². The van der Waals surface area contributed by atoms with Gasteiger partial charge in [0.05, 0.1) is 5.92 Å². The van der Waals surface area contributed by atoms with Crippen LogP contribution in [0.25, 0.3) is 0 Å². The molecule has 5 nitrogen and oxygen atoms in total. The zero-order valence-electron chi connectivity index (χ0n) is 17.5. The Morgan fingerprint density at radius 2 is 1.77 bits per heavy atom. The monoisotopic (exact) mass is 409 g/mol. The van der Waals surface area contributed by atoms with Gasteiger partial charge in [0.15, 0.2) is 0 Å². The first-order chi connectivity index (χ1) is 14.4. The number of rotatable bonds is 4. The van der Waals surface area contributed by atoms with Crippen molar-refractivity contribution < 1.29 is 14.0 Å². The van der Waals surface area contributed by atoms with Crippen molar-refractivity contribution in [2.75, 3.05) is 29.9 Å². The van der Waals surface area contributed by atoms with Crippen LogP contribution in [0.2, 0.25) is 0 Å². The maximum Gasteiger partial charge on any atom is 0.228 e. The first kappa shape index (κ1) is 20.4. The molecule has 2 aliphatic rings. The number of hydrogen-bond acceptors (Lipinski definition) is 3. The van der Waals surface area contributed by atoms with Crippen LogP contribution in [0, 0.1) is 25.6 Å². The predicted molar refractivity (Wildman–Crippen MR) is 116 cm³/mol. The van der Waals surface area contributed by atoms with Gasteiger partial charge in [-0.05, 0) is 68.1 Å². The molecular formula is C24H28FN3O2. The maximum absolute atomic E-state index is 13.1. The molecule has 0 aromatic heterocycles. The SMILES string of the molecule is Cc1cccc(N2C[C@H](C(=O)N3CCC(Nc4ccc(F)cc4)CC3)CC2=O)c1C. The molecule has 30 heavy (non-hydrogen) atoms. The second-order valence-electron chi connectivity index (χ2n) is 8.38. The van der Waals surface area contributed by atoms with Crippen molar-refractivity contribution in [3.05, 3.63) is 59.4 Å². The maximum atomic E-state index is 13.1. The Morgan fingerprint density at radius 3 is 2.47 bits per heavy atom. The summed E-state index contributed by atoms with van der Waals surface area (Å²) >= 11 is 0. The summed E-state index contributed by atoms with van der Waals surface area (Å²) < 4.78 is 13.1. The lowest BCUT2D eigenvalue weighted by molar-refractivity contribution is -0.136. The number of anilines is 2. The molecule has 2 aliphatic heterocycles. The molecule has 1 atom stereocenters. The quantitative estimate of drug-likeness (QED) is 0.833. The number of carbonyl (C=O) groups is 2. The highest BCUT2D eigenvalue weighted by Gasteiger charge is 2.38. The molecule has 6 heteroatoms. The smallest absolute Gasteiger partial charge is 0.228 e. The zero-order valence-corrected chi connectivity index (χ0v) is 17.5. The average molecular weight is 410 g/mol. The largest absolute Gasteiger partial charge is 0.382 e. The molecule has 0 spiro atoms. The van der Waals surface area contributed by atoms with E-state index in [-0.39, 0.29) is 36.0 Å². The number of nitrogens with zero attached hydrogens (tertiary/aromatic N) is 2. The molecule has 2 heterocycles. The van der Waals surface area contributed by atoms with Gasteiger partial charge in [-0.15, -0.1) is 0 Å². The minimum atomic E-state index is -0.279. The number of nitrogens with one attached hydrogen (secondary N) is 1. The van der Waals surface area contributed by atoms with Crippen molar-refractivity contribution >= 4 is 23.2 Å². The van der Waals surface area contributed by atoms with E-state index in [1.165, 1.54) is 12.1 Å². The van der Waals surface area contributed by atoms with Gasteiger partial charge >= 0.3 is 0 Å². The van der Waals surface area contributed by atoms with Gasteiger partial charge in [-0.25, -0.2) is 4.39 Å². The third-order valence-electron chi connectivity index (χ3n) is 6.36. The van der Waals surface area contributed by atoms with Crippen LogP contribution in [0.1, 0.15) is 30.4 Å². The number of likely N-dealkylation sites (tertiary alicyclic amines) is 1. The first-order valence-corrected chi connectivity index (χ1v) is 10.6. The van der Waals surface area contributed by atoms with E-state index in [0.717, 1.165) is 35.3 Å². The van der Waals surface area contributed by atoms with E-state index in [1.807, 2.05) is 36.9 Å². The normalized spacial score (nSPS) is 20.0. The summed E-state index contributed by atoms with van der Waals surface area (Å²) in [6.07, 6.45) is 1.95. The minimum Gasteiger partial charge on any atom is -0.382 e. The van der Waals surface area contributed by atoms with Crippen molar-refractivity contribution in [2.45, 2.75) is 39.2 Å². The van der Waals surface area contributed by atoms with Crippen LogP contribution in [0.3, 0.4) is 0 Å². The molecule has 4 rings (SSSR count). The Bertz CT molecular complexity index is 936. The Labute approximate surface area is 176 Å².